The molecule has 0 bridgehead atoms. The van der Waals surface area contributed by atoms with Gasteiger partial charge in [0, 0.05) is 5.92 Å². The molecule has 0 nitrogen and oxygen atoms in total. The molecule has 2 aliphatic rings. The summed E-state index contributed by atoms with van der Waals surface area (Å²) in [6, 6.07) is 18.6. The molecule has 0 radical (unpaired) electrons. The van der Waals surface area contributed by atoms with Crippen LogP contribution in [0.3, 0.4) is 0 Å². The number of aryl methyl sites for hydroxylation is 2. The number of benzene rings is 2. The molecular formula is C22H26. The summed E-state index contributed by atoms with van der Waals surface area (Å²) in [5.41, 5.74) is 5.76. The normalized spacial score (nSPS) is 26.8. The first kappa shape index (κ1) is 14.1. The molecule has 0 heterocycles. The number of hydrogen-bond donors (Lipinski definition) is 0. The van der Waals surface area contributed by atoms with Crippen LogP contribution < -0.4 is 0 Å². The first-order valence-corrected chi connectivity index (χ1v) is 8.85. The van der Waals surface area contributed by atoms with Crippen molar-refractivity contribution in [2.45, 2.75) is 45.4 Å². The minimum Gasteiger partial charge on any atom is -0.0590 e. The Balaban J connectivity index is 1.73. The minimum atomic E-state index is 0.594. The highest BCUT2D eigenvalue weighted by atomic mass is 14.5. The third-order valence-electron chi connectivity index (χ3n) is 5.94. The van der Waals surface area contributed by atoms with Crippen LogP contribution in [0.2, 0.25) is 0 Å². The Morgan fingerprint density at radius 1 is 0.773 bits per heavy atom. The largest absolute Gasteiger partial charge is 0.0590 e. The quantitative estimate of drug-likeness (QED) is 0.663. The van der Waals surface area contributed by atoms with E-state index in [1.54, 1.807) is 0 Å². The van der Waals surface area contributed by atoms with E-state index in [-0.39, 0.29) is 0 Å². The molecule has 2 saturated carbocycles. The lowest BCUT2D eigenvalue weighted by molar-refractivity contribution is 0.306. The molecule has 3 unspecified atom stereocenters. The lowest BCUT2D eigenvalue weighted by Crippen LogP contribution is -2.20. The zero-order chi connectivity index (χ0) is 15.1. The highest BCUT2D eigenvalue weighted by Crippen LogP contribution is 2.57. The van der Waals surface area contributed by atoms with Crippen LogP contribution in [-0.4, -0.2) is 0 Å². The summed E-state index contributed by atoms with van der Waals surface area (Å²) >= 11 is 0. The van der Waals surface area contributed by atoms with Crippen LogP contribution >= 0.6 is 0 Å². The second-order valence-electron chi connectivity index (χ2n) is 7.55. The molecule has 4 rings (SSSR count). The summed E-state index contributed by atoms with van der Waals surface area (Å²) in [7, 11) is 0. The van der Waals surface area contributed by atoms with Gasteiger partial charge < -0.3 is 0 Å². The van der Waals surface area contributed by atoms with Gasteiger partial charge >= 0.3 is 0 Å². The third kappa shape index (κ3) is 2.60. The maximum atomic E-state index is 2.37. The molecule has 114 valence electrons. The second-order valence-corrected chi connectivity index (χ2v) is 7.55. The predicted octanol–water partition coefficient (Wildman–Crippen LogP) is 5.87. The van der Waals surface area contributed by atoms with Crippen LogP contribution in [0.25, 0.3) is 0 Å². The molecule has 0 aliphatic heterocycles. The summed E-state index contributed by atoms with van der Waals surface area (Å²) in [6.45, 7) is 4.37. The molecule has 22 heavy (non-hydrogen) atoms. The lowest BCUT2D eigenvalue weighted by Gasteiger charge is -2.31. The lowest BCUT2D eigenvalue weighted by atomic mass is 9.73. The van der Waals surface area contributed by atoms with Crippen LogP contribution in [0.4, 0.5) is 0 Å². The fraction of sp³-hybridized carbons (Fsp3) is 0.455. The molecule has 0 N–H and O–H groups in total. The van der Waals surface area contributed by atoms with Crippen LogP contribution in [-0.2, 0) is 0 Å². The molecule has 2 aromatic carbocycles. The highest BCUT2D eigenvalue weighted by molar-refractivity contribution is 5.37. The van der Waals surface area contributed by atoms with Crippen molar-refractivity contribution in [1.82, 2.24) is 0 Å². The molecule has 3 atom stereocenters. The van der Waals surface area contributed by atoms with E-state index >= 15 is 0 Å². The van der Waals surface area contributed by atoms with Crippen LogP contribution in [0, 0.1) is 31.6 Å². The van der Waals surface area contributed by atoms with Gasteiger partial charge in [-0.2, -0.15) is 0 Å². The van der Waals surface area contributed by atoms with Gasteiger partial charge in [0.15, 0.2) is 0 Å². The van der Waals surface area contributed by atoms with E-state index in [1.807, 2.05) is 0 Å². The van der Waals surface area contributed by atoms with Gasteiger partial charge in [-0.1, -0.05) is 72.5 Å². The third-order valence-corrected chi connectivity index (χ3v) is 5.94. The molecule has 0 saturated heterocycles. The molecule has 0 heteroatoms. The Morgan fingerprint density at radius 2 is 1.32 bits per heavy atom. The summed E-state index contributed by atoms with van der Waals surface area (Å²) < 4.78 is 0. The molecule has 0 amide bonds. The van der Waals surface area contributed by atoms with Gasteiger partial charge in [0.1, 0.15) is 0 Å². The van der Waals surface area contributed by atoms with Gasteiger partial charge in [-0.25, -0.2) is 0 Å². The van der Waals surface area contributed by atoms with Gasteiger partial charge in [-0.15, -0.1) is 0 Å². The summed E-state index contributed by atoms with van der Waals surface area (Å²) in [6.07, 6.45) is 5.81. The van der Waals surface area contributed by atoms with Crippen molar-refractivity contribution in [1.29, 1.82) is 0 Å². The molecule has 0 spiro atoms. The molecule has 2 aliphatic carbocycles. The SMILES string of the molecule is Cc1ccc(C(c2ccc(C)cc2)C2CCCC3CC32)cc1. The van der Waals surface area contributed by atoms with Gasteiger partial charge in [-0.3, -0.25) is 0 Å². The van der Waals surface area contributed by atoms with E-state index in [1.165, 1.54) is 47.9 Å². The molecule has 0 aromatic heterocycles. The van der Waals surface area contributed by atoms with Crippen LogP contribution in [0.15, 0.2) is 48.5 Å². The number of rotatable bonds is 3. The maximum Gasteiger partial charge on any atom is 0.0120 e. The van der Waals surface area contributed by atoms with Gasteiger partial charge in [-0.05, 0) is 55.6 Å². The molecule has 2 fully saturated rings. The fourth-order valence-electron chi connectivity index (χ4n) is 4.61. The first-order chi connectivity index (χ1) is 10.7. The monoisotopic (exact) mass is 290 g/mol. The minimum absolute atomic E-state index is 0.594. The van der Waals surface area contributed by atoms with Crippen molar-refractivity contribution in [2.24, 2.45) is 17.8 Å². The van der Waals surface area contributed by atoms with E-state index in [4.69, 9.17) is 0 Å². The van der Waals surface area contributed by atoms with Gasteiger partial charge in [0.2, 0.25) is 0 Å². The summed E-state index contributed by atoms with van der Waals surface area (Å²) in [5, 5.41) is 0. The van der Waals surface area contributed by atoms with Crippen molar-refractivity contribution in [3.63, 3.8) is 0 Å². The second kappa shape index (κ2) is 5.57. The standard InChI is InChI=1S/C22H26/c1-15-6-10-17(11-7-15)22(18-12-8-16(2)9-13-18)20-5-3-4-19-14-21(19)20/h6-13,19-22H,3-5,14H2,1-2H3. The summed E-state index contributed by atoms with van der Waals surface area (Å²) in [4.78, 5) is 0. The van der Waals surface area contributed by atoms with Crippen LogP contribution in [0.5, 0.6) is 0 Å². The topological polar surface area (TPSA) is 0 Å². The molecule has 2 aromatic rings. The first-order valence-electron chi connectivity index (χ1n) is 8.85. The van der Waals surface area contributed by atoms with Crippen molar-refractivity contribution >= 4 is 0 Å². The van der Waals surface area contributed by atoms with E-state index in [2.05, 4.69) is 62.4 Å². The van der Waals surface area contributed by atoms with Crippen molar-refractivity contribution in [2.75, 3.05) is 0 Å². The van der Waals surface area contributed by atoms with E-state index in [9.17, 15) is 0 Å². The Bertz CT molecular complexity index is 589. The molecular weight excluding hydrogens is 264 g/mol. The number of hydrogen-bond acceptors (Lipinski definition) is 0. The Labute approximate surface area is 134 Å². The Hall–Kier alpha value is -1.56. The van der Waals surface area contributed by atoms with Crippen LogP contribution in [0.1, 0.15) is 53.9 Å². The smallest absolute Gasteiger partial charge is 0.0120 e. The van der Waals surface area contributed by atoms with Crippen molar-refractivity contribution in [3.8, 4) is 0 Å². The zero-order valence-corrected chi connectivity index (χ0v) is 13.8. The van der Waals surface area contributed by atoms with Gasteiger partial charge in [0.25, 0.3) is 0 Å². The fourth-order valence-corrected chi connectivity index (χ4v) is 4.61. The van der Waals surface area contributed by atoms with Crippen molar-refractivity contribution < 1.29 is 0 Å². The Morgan fingerprint density at radius 3 is 1.86 bits per heavy atom. The zero-order valence-electron chi connectivity index (χ0n) is 13.8. The average Bonchev–Trinajstić information content (AvgIpc) is 3.31. The highest BCUT2D eigenvalue weighted by Gasteiger charge is 2.48. The van der Waals surface area contributed by atoms with E-state index in [0.717, 1.165) is 17.8 Å². The van der Waals surface area contributed by atoms with Gasteiger partial charge in [0.05, 0.1) is 0 Å². The average molecular weight is 290 g/mol. The van der Waals surface area contributed by atoms with Crippen molar-refractivity contribution in [3.05, 3.63) is 70.8 Å². The maximum absolute atomic E-state index is 2.37. The van der Waals surface area contributed by atoms with E-state index < -0.39 is 0 Å². The predicted molar refractivity (Wildman–Crippen MR) is 93.1 cm³/mol. The van der Waals surface area contributed by atoms with E-state index in [0.29, 0.717) is 5.92 Å². The summed E-state index contributed by atoms with van der Waals surface area (Å²) in [5.74, 6) is 3.47. The number of fused-ring (bicyclic) bond motifs is 1. The Kier molecular flexibility index (Phi) is 3.56.